The van der Waals surface area contributed by atoms with Crippen LogP contribution in [0.15, 0.2) is 59.8 Å². The highest BCUT2D eigenvalue weighted by atomic mass is 35.5. The third-order valence-corrected chi connectivity index (χ3v) is 7.24. The predicted molar refractivity (Wildman–Crippen MR) is 143 cm³/mol. The average molecular weight is 579 g/mol. The third-order valence-electron chi connectivity index (χ3n) is 6.99. The van der Waals surface area contributed by atoms with Crippen molar-refractivity contribution in [1.82, 2.24) is 20.0 Å². The highest BCUT2D eigenvalue weighted by Gasteiger charge is 2.42. The lowest BCUT2D eigenvalue weighted by molar-refractivity contribution is -0.141. The first-order valence-electron chi connectivity index (χ1n) is 12.9. The SMILES string of the molecule is CCOC(=O)C1=C(CN2CCCN(C(=O)c3ccc(Cl)cc3)CC2)N(C)C(=O)NC1c1ccccc1C(F)(F)F. The molecule has 2 aromatic carbocycles. The molecule has 0 aliphatic carbocycles. The van der Waals surface area contributed by atoms with Crippen molar-refractivity contribution in [2.75, 3.05) is 46.4 Å². The Hall–Kier alpha value is -3.57. The van der Waals surface area contributed by atoms with Crippen LogP contribution in [0.5, 0.6) is 0 Å². The van der Waals surface area contributed by atoms with Crippen molar-refractivity contribution in [3.05, 3.63) is 81.5 Å². The van der Waals surface area contributed by atoms with E-state index in [0.29, 0.717) is 43.2 Å². The largest absolute Gasteiger partial charge is 0.463 e. The summed E-state index contributed by atoms with van der Waals surface area (Å²) in [6, 6.07) is 9.50. The van der Waals surface area contributed by atoms with E-state index >= 15 is 0 Å². The molecule has 1 unspecified atom stereocenters. The van der Waals surface area contributed by atoms with Gasteiger partial charge in [-0.1, -0.05) is 29.8 Å². The minimum absolute atomic E-state index is 0.00634. The monoisotopic (exact) mass is 578 g/mol. The minimum atomic E-state index is -4.70. The van der Waals surface area contributed by atoms with Gasteiger partial charge in [0.2, 0.25) is 0 Å². The van der Waals surface area contributed by atoms with E-state index in [9.17, 15) is 27.6 Å². The summed E-state index contributed by atoms with van der Waals surface area (Å²) in [7, 11) is 1.46. The summed E-state index contributed by atoms with van der Waals surface area (Å²) >= 11 is 5.94. The highest BCUT2D eigenvalue weighted by molar-refractivity contribution is 6.30. The molecule has 0 aromatic heterocycles. The average Bonchev–Trinajstić information content (AvgIpc) is 3.16. The molecule has 2 aromatic rings. The minimum Gasteiger partial charge on any atom is -0.463 e. The Morgan fingerprint density at radius 2 is 1.75 bits per heavy atom. The van der Waals surface area contributed by atoms with Crippen LogP contribution in [0.2, 0.25) is 5.02 Å². The van der Waals surface area contributed by atoms with Crippen molar-refractivity contribution < 1.29 is 32.3 Å². The number of benzene rings is 2. The summed E-state index contributed by atoms with van der Waals surface area (Å²) in [5.74, 6) is -0.941. The van der Waals surface area contributed by atoms with Crippen molar-refractivity contribution in [2.24, 2.45) is 0 Å². The number of carbonyl (C=O) groups excluding carboxylic acids is 3. The zero-order valence-corrected chi connectivity index (χ0v) is 22.9. The van der Waals surface area contributed by atoms with E-state index in [4.69, 9.17) is 16.3 Å². The number of carbonyl (C=O) groups is 3. The van der Waals surface area contributed by atoms with Gasteiger partial charge in [0.05, 0.1) is 23.8 Å². The molecule has 12 heteroatoms. The number of rotatable bonds is 6. The zero-order chi connectivity index (χ0) is 29.0. The number of hydrogen-bond donors (Lipinski definition) is 1. The molecule has 0 spiro atoms. The molecule has 1 N–H and O–H groups in total. The van der Waals surface area contributed by atoms with Crippen LogP contribution >= 0.6 is 11.6 Å². The molecule has 4 rings (SSSR count). The summed E-state index contributed by atoms with van der Waals surface area (Å²) in [6.45, 7) is 3.57. The molecule has 0 radical (unpaired) electrons. The summed E-state index contributed by atoms with van der Waals surface area (Å²) in [5, 5.41) is 3.08. The van der Waals surface area contributed by atoms with Gasteiger partial charge in [0.25, 0.3) is 5.91 Å². The zero-order valence-electron chi connectivity index (χ0n) is 22.1. The summed E-state index contributed by atoms with van der Waals surface area (Å²) in [4.78, 5) is 44.2. The van der Waals surface area contributed by atoms with Crippen molar-refractivity contribution >= 4 is 29.5 Å². The van der Waals surface area contributed by atoms with Crippen molar-refractivity contribution in [2.45, 2.75) is 25.6 Å². The van der Waals surface area contributed by atoms with E-state index in [-0.39, 0.29) is 35.9 Å². The second-order valence-corrected chi connectivity index (χ2v) is 9.97. The number of alkyl halides is 3. The molecule has 2 aliphatic rings. The van der Waals surface area contributed by atoms with Gasteiger partial charge in [-0.15, -0.1) is 0 Å². The second kappa shape index (κ2) is 12.3. The Balaban J connectivity index is 1.65. The molecular weight excluding hydrogens is 549 g/mol. The van der Waals surface area contributed by atoms with Gasteiger partial charge in [-0.25, -0.2) is 9.59 Å². The number of nitrogens with zero attached hydrogens (tertiary/aromatic N) is 3. The lowest BCUT2D eigenvalue weighted by atomic mass is 9.90. The molecule has 1 fully saturated rings. The van der Waals surface area contributed by atoms with Crippen molar-refractivity contribution in [3.8, 4) is 0 Å². The molecule has 40 heavy (non-hydrogen) atoms. The molecular formula is C28H30ClF3N4O4. The Morgan fingerprint density at radius 3 is 2.42 bits per heavy atom. The molecule has 0 bridgehead atoms. The van der Waals surface area contributed by atoms with E-state index in [1.54, 1.807) is 36.1 Å². The predicted octanol–water partition coefficient (Wildman–Crippen LogP) is 4.72. The smallest absolute Gasteiger partial charge is 0.416 e. The number of urea groups is 1. The molecule has 3 amide bonds. The van der Waals surface area contributed by atoms with Crippen molar-refractivity contribution in [3.63, 3.8) is 0 Å². The molecule has 214 valence electrons. The number of esters is 1. The molecule has 2 aliphatic heterocycles. The maximum Gasteiger partial charge on any atom is 0.416 e. The van der Waals surface area contributed by atoms with E-state index in [0.717, 1.165) is 6.07 Å². The third kappa shape index (κ3) is 6.42. The Kier molecular flexibility index (Phi) is 9.05. The number of likely N-dealkylation sites (N-methyl/N-ethyl adjacent to an activating group) is 1. The van der Waals surface area contributed by atoms with Crippen LogP contribution in [0.4, 0.5) is 18.0 Å². The van der Waals surface area contributed by atoms with Gasteiger partial charge in [0, 0.05) is 56.1 Å². The van der Waals surface area contributed by atoms with Crippen LogP contribution in [-0.2, 0) is 15.7 Å². The van der Waals surface area contributed by atoms with Gasteiger partial charge < -0.3 is 15.0 Å². The maximum atomic E-state index is 13.9. The topological polar surface area (TPSA) is 82.2 Å². The number of ether oxygens (including phenoxy) is 1. The number of amides is 3. The lowest BCUT2D eigenvalue weighted by Crippen LogP contribution is -2.50. The van der Waals surface area contributed by atoms with Crippen LogP contribution in [0.25, 0.3) is 0 Å². The number of halogens is 4. The van der Waals surface area contributed by atoms with Gasteiger partial charge in [0.1, 0.15) is 0 Å². The van der Waals surface area contributed by atoms with Crippen LogP contribution in [-0.4, -0.2) is 79.0 Å². The Labute approximate surface area is 235 Å². The van der Waals surface area contributed by atoms with Crippen LogP contribution in [0.3, 0.4) is 0 Å². The van der Waals surface area contributed by atoms with Gasteiger partial charge in [-0.05, 0) is 49.2 Å². The summed E-state index contributed by atoms with van der Waals surface area (Å²) < 4.78 is 47.0. The van der Waals surface area contributed by atoms with Gasteiger partial charge in [-0.2, -0.15) is 13.2 Å². The molecule has 2 heterocycles. The highest BCUT2D eigenvalue weighted by Crippen LogP contribution is 2.39. The molecule has 8 nitrogen and oxygen atoms in total. The van der Waals surface area contributed by atoms with Gasteiger partial charge >= 0.3 is 18.2 Å². The molecule has 1 atom stereocenters. The van der Waals surface area contributed by atoms with E-state index in [1.165, 1.54) is 30.1 Å². The normalized spacial score (nSPS) is 18.9. The van der Waals surface area contributed by atoms with Crippen LogP contribution < -0.4 is 5.32 Å². The first-order chi connectivity index (χ1) is 19.0. The fourth-order valence-electron chi connectivity index (χ4n) is 4.96. The first-order valence-corrected chi connectivity index (χ1v) is 13.3. The Bertz CT molecular complexity index is 1300. The molecule has 1 saturated heterocycles. The van der Waals surface area contributed by atoms with Crippen LogP contribution in [0, 0.1) is 0 Å². The number of nitrogens with one attached hydrogen (secondary N) is 1. The molecule has 0 saturated carbocycles. The lowest BCUT2D eigenvalue weighted by Gasteiger charge is -2.37. The van der Waals surface area contributed by atoms with E-state index in [2.05, 4.69) is 5.32 Å². The summed E-state index contributed by atoms with van der Waals surface area (Å²) in [5.41, 5.74) is -0.481. The summed E-state index contributed by atoms with van der Waals surface area (Å²) in [6.07, 6.45) is -4.08. The fraction of sp³-hybridized carbons (Fsp3) is 0.393. The second-order valence-electron chi connectivity index (χ2n) is 9.54. The van der Waals surface area contributed by atoms with Gasteiger partial charge in [-0.3, -0.25) is 14.6 Å². The van der Waals surface area contributed by atoms with E-state index < -0.39 is 29.8 Å². The van der Waals surface area contributed by atoms with E-state index in [1.807, 2.05) is 4.90 Å². The Morgan fingerprint density at radius 1 is 1.05 bits per heavy atom. The first kappa shape index (κ1) is 29.4. The standard InChI is InChI=1S/C28H30ClF3N4O4/c1-3-40-26(38)23-22(34(2)27(39)33-24(23)20-7-4-5-8-21(20)28(30,31)32)17-35-13-6-14-36(16-15-35)25(37)18-9-11-19(29)12-10-18/h4-5,7-12,24H,3,6,13-17H2,1-2H3,(H,33,39). The van der Waals surface area contributed by atoms with Gasteiger partial charge in [0.15, 0.2) is 0 Å². The number of hydrogen-bond acceptors (Lipinski definition) is 5. The van der Waals surface area contributed by atoms with Crippen LogP contribution in [0.1, 0.15) is 40.9 Å². The fourth-order valence-corrected chi connectivity index (χ4v) is 5.08. The quantitative estimate of drug-likeness (QED) is 0.502. The van der Waals surface area contributed by atoms with Crippen molar-refractivity contribution in [1.29, 1.82) is 0 Å². The maximum absolute atomic E-state index is 13.9.